The number of carbonyl (C=O) groups excluding carboxylic acids is 1. The van der Waals surface area contributed by atoms with Gasteiger partial charge in [0.2, 0.25) is 5.91 Å². The van der Waals surface area contributed by atoms with Gasteiger partial charge in [-0.15, -0.1) is 10.2 Å². The van der Waals surface area contributed by atoms with Crippen LogP contribution in [0.2, 0.25) is 0 Å². The average molecular weight is 452 g/mol. The van der Waals surface area contributed by atoms with E-state index in [4.69, 9.17) is 14.0 Å². The predicted octanol–water partition coefficient (Wildman–Crippen LogP) is 3.98. The first-order valence-corrected chi connectivity index (χ1v) is 10.7. The molecule has 1 N–H and O–H groups in total. The van der Waals surface area contributed by atoms with Crippen LogP contribution >= 0.6 is 11.8 Å². The lowest BCUT2D eigenvalue weighted by atomic mass is 10.2. The van der Waals surface area contributed by atoms with Gasteiger partial charge in [0.25, 0.3) is 0 Å². The fourth-order valence-electron chi connectivity index (χ4n) is 3.07. The van der Waals surface area contributed by atoms with Crippen LogP contribution in [0.4, 0.5) is 5.82 Å². The lowest BCUT2D eigenvalue weighted by molar-refractivity contribution is -0.113. The number of hydrogen-bond acceptors (Lipinski definition) is 8. The van der Waals surface area contributed by atoms with Gasteiger partial charge in [-0.25, -0.2) is 0 Å². The average Bonchev–Trinajstić information content (AvgIpc) is 3.43. The maximum atomic E-state index is 12.4. The molecule has 0 unspecified atom stereocenters. The third-order valence-corrected chi connectivity index (χ3v) is 5.47. The number of nitrogens with one attached hydrogen (secondary N) is 1. The SMILES string of the molecule is COc1ccc(-n2c(SCC(=O)Nc3cc(C)on3)nnc2-c2ccccc2OC)cc1. The first-order valence-electron chi connectivity index (χ1n) is 9.68. The number of anilines is 1. The van der Waals surface area contributed by atoms with Gasteiger partial charge < -0.3 is 19.3 Å². The van der Waals surface area contributed by atoms with Crippen molar-refractivity contribution in [1.82, 2.24) is 19.9 Å². The van der Waals surface area contributed by atoms with Gasteiger partial charge in [-0.05, 0) is 43.3 Å². The highest BCUT2D eigenvalue weighted by molar-refractivity contribution is 7.99. The summed E-state index contributed by atoms with van der Waals surface area (Å²) in [4.78, 5) is 12.4. The van der Waals surface area contributed by atoms with Crippen LogP contribution in [0.25, 0.3) is 17.1 Å². The maximum Gasteiger partial charge on any atom is 0.236 e. The second-order valence-corrected chi connectivity index (χ2v) is 7.64. The number of thioether (sulfide) groups is 1. The minimum atomic E-state index is -0.230. The Labute approximate surface area is 188 Å². The van der Waals surface area contributed by atoms with Crippen LogP contribution in [-0.4, -0.2) is 45.8 Å². The number of benzene rings is 2. The molecule has 0 spiro atoms. The zero-order valence-corrected chi connectivity index (χ0v) is 18.5. The summed E-state index contributed by atoms with van der Waals surface area (Å²) in [7, 11) is 3.23. The lowest BCUT2D eigenvalue weighted by Gasteiger charge is -2.13. The summed E-state index contributed by atoms with van der Waals surface area (Å²) in [6, 6.07) is 16.8. The molecule has 0 atom stereocenters. The van der Waals surface area contributed by atoms with Gasteiger partial charge in [-0.3, -0.25) is 9.36 Å². The van der Waals surface area contributed by atoms with E-state index in [0.717, 1.165) is 17.0 Å². The molecule has 0 aliphatic rings. The minimum absolute atomic E-state index is 0.117. The predicted molar refractivity (Wildman–Crippen MR) is 120 cm³/mol. The van der Waals surface area contributed by atoms with Gasteiger partial charge in [0.1, 0.15) is 17.3 Å². The van der Waals surface area contributed by atoms with Crippen LogP contribution in [0.5, 0.6) is 11.5 Å². The third kappa shape index (κ3) is 4.59. The molecule has 0 radical (unpaired) electrons. The minimum Gasteiger partial charge on any atom is -0.497 e. The molecule has 164 valence electrons. The van der Waals surface area contributed by atoms with Gasteiger partial charge in [0, 0.05) is 6.07 Å². The molecule has 0 aliphatic carbocycles. The van der Waals surface area contributed by atoms with Gasteiger partial charge in [-0.1, -0.05) is 29.1 Å². The van der Waals surface area contributed by atoms with Crippen molar-refractivity contribution in [3.05, 3.63) is 60.4 Å². The van der Waals surface area contributed by atoms with E-state index in [1.165, 1.54) is 11.8 Å². The Kier molecular flexibility index (Phi) is 6.41. The van der Waals surface area contributed by atoms with E-state index in [2.05, 4.69) is 20.7 Å². The van der Waals surface area contributed by atoms with Crippen LogP contribution in [0.15, 0.2) is 64.3 Å². The van der Waals surface area contributed by atoms with Gasteiger partial charge in [-0.2, -0.15) is 0 Å². The smallest absolute Gasteiger partial charge is 0.236 e. The molecule has 2 aromatic carbocycles. The van der Waals surface area contributed by atoms with Crippen molar-refractivity contribution in [2.75, 3.05) is 25.3 Å². The Morgan fingerprint density at radius 1 is 1.09 bits per heavy atom. The first-order chi connectivity index (χ1) is 15.6. The Bertz CT molecular complexity index is 1220. The standard InChI is InChI=1S/C22H21N5O4S/c1-14-12-19(26-31-14)23-20(28)13-32-22-25-24-21(17-6-4-5-7-18(17)30-3)27(22)15-8-10-16(29-2)11-9-15/h4-12H,13H2,1-3H3,(H,23,26,28). The van der Waals surface area contributed by atoms with Crippen molar-refractivity contribution >= 4 is 23.5 Å². The molecule has 9 nitrogen and oxygen atoms in total. The van der Waals surface area contributed by atoms with Crippen LogP contribution in [0.3, 0.4) is 0 Å². The molecule has 0 saturated heterocycles. The van der Waals surface area contributed by atoms with Gasteiger partial charge >= 0.3 is 0 Å². The third-order valence-electron chi connectivity index (χ3n) is 4.54. The summed E-state index contributed by atoms with van der Waals surface area (Å²) >= 11 is 1.26. The monoisotopic (exact) mass is 451 g/mol. The lowest BCUT2D eigenvalue weighted by Crippen LogP contribution is -2.14. The first kappa shape index (κ1) is 21.4. The molecule has 4 aromatic rings. The van der Waals surface area contributed by atoms with Crippen molar-refractivity contribution in [3.8, 4) is 28.6 Å². The highest BCUT2D eigenvalue weighted by Crippen LogP contribution is 2.33. The number of amides is 1. The zero-order chi connectivity index (χ0) is 22.5. The van der Waals surface area contributed by atoms with E-state index in [0.29, 0.717) is 28.3 Å². The number of nitrogens with zero attached hydrogens (tertiary/aromatic N) is 4. The number of hydrogen-bond donors (Lipinski definition) is 1. The largest absolute Gasteiger partial charge is 0.497 e. The summed E-state index contributed by atoms with van der Waals surface area (Å²) in [5, 5.41) is 15.8. The van der Waals surface area contributed by atoms with Crippen molar-refractivity contribution in [2.24, 2.45) is 0 Å². The van der Waals surface area contributed by atoms with Crippen molar-refractivity contribution in [3.63, 3.8) is 0 Å². The molecule has 4 rings (SSSR count). The van der Waals surface area contributed by atoms with Crippen molar-refractivity contribution in [1.29, 1.82) is 0 Å². The molecule has 0 fully saturated rings. The van der Waals surface area contributed by atoms with Crippen LogP contribution in [-0.2, 0) is 4.79 Å². The van der Waals surface area contributed by atoms with Crippen LogP contribution < -0.4 is 14.8 Å². The fourth-order valence-corrected chi connectivity index (χ4v) is 3.82. The number of para-hydroxylation sites is 1. The number of carbonyl (C=O) groups is 1. The molecule has 0 bridgehead atoms. The van der Waals surface area contributed by atoms with E-state index in [-0.39, 0.29) is 11.7 Å². The van der Waals surface area contributed by atoms with E-state index >= 15 is 0 Å². The van der Waals surface area contributed by atoms with Gasteiger partial charge in [0.15, 0.2) is 16.8 Å². The molecule has 1 amide bonds. The van der Waals surface area contributed by atoms with Crippen LogP contribution in [0, 0.1) is 6.92 Å². The van der Waals surface area contributed by atoms with Crippen molar-refractivity contribution in [2.45, 2.75) is 12.1 Å². The highest BCUT2D eigenvalue weighted by Gasteiger charge is 2.20. The summed E-state index contributed by atoms with van der Waals surface area (Å²) < 4.78 is 17.7. The molecule has 2 aromatic heterocycles. The number of ether oxygens (including phenoxy) is 2. The van der Waals surface area contributed by atoms with E-state index < -0.39 is 0 Å². The van der Waals surface area contributed by atoms with E-state index in [1.807, 2.05) is 53.1 Å². The number of aryl methyl sites for hydroxylation is 1. The van der Waals surface area contributed by atoms with Crippen LogP contribution in [0.1, 0.15) is 5.76 Å². The summed E-state index contributed by atoms with van der Waals surface area (Å²) in [5.74, 6) is 2.89. The molecule has 0 aliphatic heterocycles. The quantitative estimate of drug-likeness (QED) is 0.401. The normalized spacial score (nSPS) is 10.7. The topological polar surface area (TPSA) is 104 Å². The highest BCUT2D eigenvalue weighted by atomic mass is 32.2. The summed E-state index contributed by atoms with van der Waals surface area (Å²) in [6.45, 7) is 1.76. The summed E-state index contributed by atoms with van der Waals surface area (Å²) in [5.41, 5.74) is 1.61. The van der Waals surface area contributed by atoms with Crippen molar-refractivity contribution < 1.29 is 18.8 Å². The molecular weight excluding hydrogens is 430 g/mol. The van der Waals surface area contributed by atoms with E-state index in [1.54, 1.807) is 27.2 Å². The second-order valence-electron chi connectivity index (χ2n) is 6.70. The molecule has 32 heavy (non-hydrogen) atoms. The number of methoxy groups -OCH3 is 2. The fraction of sp³-hybridized carbons (Fsp3) is 0.182. The molecule has 0 saturated carbocycles. The maximum absolute atomic E-state index is 12.4. The summed E-state index contributed by atoms with van der Waals surface area (Å²) in [6.07, 6.45) is 0. The number of aromatic nitrogens is 4. The Morgan fingerprint density at radius 3 is 2.56 bits per heavy atom. The zero-order valence-electron chi connectivity index (χ0n) is 17.7. The number of rotatable bonds is 8. The van der Waals surface area contributed by atoms with E-state index in [9.17, 15) is 4.79 Å². The van der Waals surface area contributed by atoms with Gasteiger partial charge in [0.05, 0.1) is 31.2 Å². The Balaban J connectivity index is 1.65. The Hall–Kier alpha value is -3.79. The molecule has 10 heteroatoms. The second kappa shape index (κ2) is 9.56. The molecular formula is C22H21N5O4S. The Morgan fingerprint density at radius 2 is 1.88 bits per heavy atom. The molecule has 2 heterocycles.